The lowest BCUT2D eigenvalue weighted by atomic mass is 9.90. The summed E-state index contributed by atoms with van der Waals surface area (Å²) in [5, 5.41) is 21.5. The quantitative estimate of drug-likeness (QED) is 0.212. The smallest absolute Gasteiger partial charge is 0.134 e. The van der Waals surface area contributed by atoms with Crippen LogP contribution in [0.25, 0.3) is 21.9 Å². The van der Waals surface area contributed by atoms with E-state index in [1.165, 1.54) is 51.0 Å². The number of aryl methyl sites for hydroxylation is 1. The van der Waals surface area contributed by atoms with Gasteiger partial charge in [-0.1, -0.05) is 76.5 Å². The Labute approximate surface area is 209 Å². The zero-order valence-electron chi connectivity index (χ0n) is 21.0. The predicted octanol–water partition coefficient (Wildman–Crippen LogP) is 9.50. The van der Waals surface area contributed by atoms with Crippen molar-refractivity contribution in [1.29, 1.82) is 0 Å². The Morgan fingerprint density at radius 3 is 2.00 bits per heavy atom. The molecule has 35 heavy (non-hydrogen) atoms. The first-order chi connectivity index (χ1) is 17.0. The number of phenolic OH excluding ortho intramolecular Hbond substituents is 2. The summed E-state index contributed by atoms with van der Waals surface area (Å²) in [6, 6.07) is 13.5. The van der Waals surface area contributed by atoms with Gasteiger partial charge in [0.25, 0.3) is 0 Å². The molecule has 3 rings (SSSR count). The normalized spacial score (nSPS) is 12.3. The van der Waals surface area contributed by atoms with Gasteiger partial charge in [0.2, 0.25) is 0 Å². The van der Waals surface area contributed by atoms with E-state index in [-0.39, 0.29) is 18.2 Å². The number of phenols is 2. The molecule has 0 aliphatic rings. The van der Waals surface area contributed by atoms with Crippen LogP contribution in [0.4, 0.5) is 8.78 Å². The van der Waals surface area contributed by atoms with Gasteiger partial charge in [0, 0.05) is 11.6 Å². The van der Waals surface area contributed by atoms with Crippen LogP contribution in [-0.2, 0) is 6.42 Å². The van der Waals surface area contributed by atoms with Crippen molar-refractivity contribution in [2.45, 2.75) is 84.0 Å². The highest BCUT2D eigenvalue weighted by Gasteiger charge is 2.14. The summed E-state index contributed by atoms with van der Waals surface area (Å²) in [5.74, 6) is 0.357. The van der Waals surface area contributed by atoms with Crippen LogP contribution >= 0.6 is 0 Å². The summed E-state index contributed by atoms with van der Waals surface area (Å²) in [6.45, 7) is 2.04. The fourth-order valence-electron chi connectivity index (χ4n) is 5.05. The summed E-state index contributed by atoms with van der Waals surface area (Å²) >= 11 is 0. The molecule has 0 radical (unpaired) electrons. The van der Waals surface area contributed by atoms with Crippen LogP contribution in [0.5, 0.6) is 11.5 Å². The Hall–Kier alpha value is -2.62. The Kier molecular flexibility index (Phi) is 10.8. The van der Waals surface area contributed by atoms with E-state index in [1.807, 2.05) is 18.2 Å². The van der Waals surface area contributed by atoms with E-state index in [1.54, 1.807) is 18.2 Å². The van der Waals surface area contributed by atoms with E-state index >= 15 is 0 Å². The minimum atomic E-state index is -0.429. The Morgan fingerprint density at radius 1 is 0.686 bits per heavy atom. The van der Waals surface area contributed by atoms with Gasteiger partial charge in [0.15, 0.2) is 0 Å². The maximum absolute atomic E-state index is 14.7. The van der Waals surface area contributed by atoms with E-state index in [9.17, 15) is 19.0 Å². The average molecular weight is 483 g/mol. The summed E-state index contributed by atoms with van der Waals surface area (Å²) in [5.41, 5.74) is 2.43. The molecule has 3 aromatic rings. The molecule has 2 N–H and O–H groups in total. The second-order valence-corrected chi connectivity index (χ2v) is 9.96. The van der Waals surface area contributed by atoms with Gasteiger partial charge in [-0.3, -0.25) is 4.39 Å². The molecule has 2 nitrogen and oxygen atoms in total. The van der Waals surface area contributed by atoms with Gasteiger partial charge in [-0.15, -0.1) is 0 Å². The maximum Gasteiger partial charge on any atom is 0.134 e. The molecule has 0 aromatic heterocycles. The molecule has 1 unspecified atom stereocenters. The number of unbranched alkanes of at least 4 members (excludes halogenated alkanes) is 7. The number of halogens is 2. The van der Waals surface area contributed by atoms with Crippen LogP contribution in [-0.4, -0.2) is 16.9 Å². The molecule has 0 aliphatic heterocycles. The molecule has 0 bridgehead atoms. The van der Waals surface area contributed by atoms with Crippen molar-refractivity contribution in [2.24, 2.45) is 5.92 Å². The number of hydrogen-bond donors (Lipinski definition) is 2. The largest absolute Gasteiger partial charge is 0.508 e. The first kappa shape index (κ1) is 27.0. The Morgan fingerprint density at radius 2 is 1.29 bits per heavy atom. The second-order valence-electron chi connectivity index (χ2n) is 9.96. The van der Waals surface area contributed by atoms with Gasteiger partial charge in [-0.2, -0.15) is 0 Å². The highest BCUT2D eigenvalue weighted by atomic mass is 19.1. The fourth-order valence-corrected chi connectivity index (χ4v) is 5.05. The van der Waals surface area contributed by atoms with Crippen molar-refractivity contribution in [1.82, 2.24) is 0 Å². The van der Waals surface area contributed by atoms with Gasteiger partial charge in [0.05, 0.1) is 6.67 Å². The van der Waals surface area contributed by atoms with Crippen molar-refractivity contribution in [2.75, 3.05) is 6.67 Å². The number of aromatic hydroxyl groups is 2. The molecule has 0 heterocycles. The van der Waals surface area contributed by atoms with Crippen molar-refractivity contribution in [3.05, 3.63) is 59.9 Å². The third-order valence-electron chi connectivity index (χ3n) is 7.06. The van der Waals surface area contributed by atoms with Crippen LogP contribution in [0.15, 0.2) is 48.5 Å². The highest BCUT2D eigenvalue weighted by molar-refractivity contribution is 5.92. The third-order valence-corrected chi connectivity index (χ3v) is 7.06. The average Bonchev–Trinajstić information content (AvgIpc) is 2.84. The molecular formula is C31H40F2O2. The maximum atomic E-state index is 14.7. The van der Waals surface area contributed by atoms with Gasteiger partial charge in [-0.05, 0) is 77.8 Å². The summed E-state index contributed by atoms with van der Waals surface area (Å²) in [6.07, 6.45) is 13.4. The first-order valence-electron chi connectivity index (χ1n) is 13.3. The highest BCUT2D eigenvalue weighted by Crippen LogP contribution is 2.35. The Balaban J connectivity index is 1.50. The van der Waals surface area contributed by atoms with Crippen molar-refractivity contribution in [3.63, 3.8) is 0 Å². The van der Waals surface area contributed by atoms with E-state index in [0.717, 1.165) is 53.6 Å². The molecule has 0 fully saturated rings. The molecule has 0 saturated carbocycles. The summed E-state index contributed by atoms with van der Waals surface area (Å²) in [7, 11) is 0. The van der Waals surface area contributed by atoms with Crippen LogP contribution in [0.1, 0.15) is 83.1 Å². The minimum Gasteiger partial charge on any atom is -0.508 e. The van der Waals surface area contributed by atoms with E-state index in [2.05, 4.69) is 6.92 Å². The van der Waals surface area contributed by atoms with Crippen LogP contribution < -0.4 is 0 Å². The van der Waals surface area contributed by atoms with Crippen LogP contribution in [0.3, 0.4) is 0 Å². The number of fused-ring (bicyclic) bond motifs is 1. The zero-order valence-corrected chi connectivity index (χ0v) is 21.0. The lowest BCUT2D eigenvalue weighted by Crippen LogP contribution is -1.96. The number of rotatable bonds is 15. The Bertz CT molecular complexity index is 1060. The SMILES string of the molecule is CC(CCCF)CCCCCCCCCCc1c(-c2ccc(O)cc2F)ccc2cc(O)ccc12. The predicted molar refractivity (Wildman–Crippen MR) is 142 cm³/mol. The molecule has 3 aromatic carbocycles. The molecule has 0 aliphatic carbocycles. The minimum absolute atomic E-state index is 0.0789. The van der Waals surface area contributed by atoms with E-state index in [4.69, 9.17) is 0 Å². The molecule has 0 spiro atoms. The zero-order chi connectivity index (χ0) is 25.0. The monoisotopic (exact) mass is 482 g/mol. The second kappa shape index (κ2) is 14.1. The number of benzene rings is 3. The van der Waals surface area contributed by atoms with E-state index in [0.29, 0.717) is 17.9 Å². The van der Waals surface area contributed by atoms with Crippen LogP contribution in [0.2, 0.25) is 0 Å². The van der Waals surface area contributed by atoms with Crippen molar-refractivity contribution >= 4 is 10.8 Å². The molecule has 190 valence electrons. The van der Waals surface area contributed by atoms with Gasteiger partial charge < -0.3 is 10.2 Å². The van der Waals surface area contributed by atoms with Crippen molar-refractivity contribution in [3.8, 4) is 22.6 Å². The fraction of sp³-hybridized carbons (Fsp3) is 0.484. The van der Waals surface area contributed by atoms with Crippen LogP contribution in [0, 0.1) is 11.7 Å². The van der Waals surface area contributed by atoms with Crippen molar-refractivity contribution < 1.29 is 19.0 Å². The number of alkyl halides is 1. The lowest BCUT2D eigenvalue weighted by Gasteiger charge is -2.15. The third kappa shape index (κ3) is 8.23. The molecular weight excluding hydrogens is 442 g/mol. The number of hydrogen-bond acceptors (Lipinski definition) is 2. The molecule has 1 atom stereocenters. The molecule has 4 heteroatoms. The van der Waals surface area contributed by atoms with Gasteiger partial charge in [0.1, 0.15) is 17.3 Å². The van der Waals surface area contributed by atoms with Gasteiger partial charge >= 0.3 is 0 Å². The molecule has 0 amide bonds. The topological polar surface area (TPSA) is 40.5 Å². The van der Waals surface area contributed by atoms with Gasteiger partial charge in [-0.25, -0.2) is 4.39 Å². The summed E-state index contributed by atoms with van der Waals surface area (Å²) < 4.78 is 26.9. The first-order valence-corrected chi connectivity index (χ1v) is 13.3. The van der Waals surface area contributed by atoms with E-state index < -0.39 is 5.82 Å². The molecule has 0 saturated heterocycles. The standard InChI is InChI=1S/C31H40F2O2/c1-23(12-10-20-32)11-8-6-4-2-3-5-7-9-13-28-27-18-15-25(34)21-24(27)14-17-29(28)30-19-16-26(35)22-31(30)33/h14-19,21-23,34-35H,2-13,20H2,1H3. The summed E-state index contributed by atoms with van der Waals surface area (Å²) in [4.78, 5) is 0. The lowest BCUT2D eigenvalue weighted by molar-refractivity contribution is 0.393.